The summed E-state index contributed by atoms with van der Waals surface area (Å²) in [7, 11) is 0. The van der Waals surface area contributed by atoms with Crippen molar-refractivity contribution < 1.29 is 19.0 Å². The first kappa shape index (κ1) is 11.4. The van der Waals surface area contributed by atoms with Gasteiger partial charge in [-0.3, -0.25) is 4.79 Å². The van der Waals surface area contributed by atoms with E-state index >= 15 is 0 Å². The standard InChI is InChI=1S/C11H10ClFO3/c12-6-1-2-7(9(13)5-6)10-8(11(14)15)3-4-16-10/h1-2,5,8,10H,3-4H2,(H,14,15). The van der Waals surface area contributed by atoms with Crippen LogP contribution in [0.5, 0.6) is 0 Å². The minimum Gasteiger partial charge on any atom is -0.481 e. The third kappa shape index (κ3) is 2.03. The van der Waals surface area contributed by atoms with Gasteiger partial charge < -0.3 is 9.84 Å². The number of carboxylic acids is 1. The lowest BCUT2D eigenvalue weighted by atomic mass is 9.95. The molecule has 0 aliphatic carbocycles. The molecule has 2 unspecified atom stereocenters. The van der Waals surface area contributed by atoms with E-state index in [4.69, 9.17) is 21.4 Å². The maximum atomic E-state index is 13.6. The predicted octanol–water partition coefficient (Wildman–Crippen LogP) is 2.64. The van der Waals surface area contributed by atoms with E-state index < -0.39 is 23.8 Å². The van der Waals surface area contributed by atoms with Crippen molar-refractivity contribution in [2.24, 2.45) is 5.92 Å². The van der Waals surface area contributed by atoms with Crippen LogP contribution in [0.25, 0.3) is 0 Å². The van der Waals surface area contributed by atoms with E-state index in [1.165, 1.54) is 12.1 Å². The molecule has 0 bridgehead atoms. The third-order valence-electron chi connectivity index (χ3n) is 2.68. The van der Waals surface area contributed by atoms with Crippen molar-refractivity contribution in [2.45, 2.75) is 12.5 Å². The number of halogens is 2. The summed E-state index contributed by atoms with van der Waals surface area (Å²) in [6.45, 7) is 0.337. The first-order valence-corrected chi connectivity index (χ1v) is 5.27. The molecule has 0 saturated carbocycles. The monoisotopic (exact) mass is 244 g/mol. The largest absolute Gasteiger partial charge is 0.481 e. The minimum absolute atomic E-state index is 0.259. The quantitative estimate of drug-likeness (QED) is 0.870. The van der Waals surface area contributed by atoms with Gasteiger partial charge >= 0.3 is 5.97 Å². The topological polar surface area (TPSA) is 46.5 Å². The first-order valence-electron chi connectivity index (χ1n) is 4.89. The van der Waals surface area contributed by atoms with Crippen LogP contribution in [0.1, 0.15) is 18.1 Å². The maximum absolute atomic E-state index is 13.6. The van der Waals surface area contributed by atoms with Crippen LogP contribution in [-0.2, 0) is 9.53 Å². The van der Waals surface area contributed by atoms with Crippen LogP contribution in [0, 0.1) is 11.7 Å². The zero-order valence-corrected chi connectivity index (χ0v) is 9.08. The van der Waals surface area contributed by atoms with Gasteiger partial charge in [-0.25, -0.2) is 4.39 Å². The molecule has 1 N–H and O–H groups in total. The van der Waals surface area contributed by atoms with Gasteiger partial charge in [0.15, 0.2) is 0 Å². The highest BCUT2D eigenvalue weighted by molar-refractivity contribution is 6.30. The molecule has 86 valence electrons. The summed E-state index contributed by atoms with van der Waals surface area (Å²) in [6.07, 6.45) is -0.308. The van der Waals surface area contributed by atoms with Gasteiger partial charge in [0.2, 0.25) is 0 Å². The summed E-state index contributed by atoms with van der Waals surface area (Å²) in [5.41, 5.74) is 0.259. The second kappa shape index (κ2) is 4.39. The minimum atomic E-state index is -0.961. The molecule has 0 radical (unpaired) electrons. The van der Waals surface area contributed by atoms with Crippen molar-refractivity contribution in [2.75, 3.05) is 6.61 Å². The number of aliphatic carboxylic acids is 1. The second-order valence-corrected chi connectivity index (χ2v) is 4.13. The van der Waals surface area contributed by atoms with Crippen molar-refractivity contribution >= 4 is 17.6 Å². The molecule has 1 heterocycles. The molecule has 1 aromatic carbocycles. The molecule has 1 aliphatic heterocycles. The van der Waals surface area contributed by atoms with E-state index in [1.54, 1.807) is 0 Å². The summed E-state index contributed by atoms with van der Waals surface area (Å²) >= 11 is 5.63. The Morgan fingerprint density at radius 3 is 2.94 bits per heavy atom. The Labute approximate surface area is 96.8 Å². The molecular weight excluding hydrogens is 235 g/mol. The van der Waals surface area contributed by atoms with Gasteiger partial charge in [-0.2, -0.15) is 0 Å². The number of hydrogen-bond donors (Lipinski definition) is 1. The van der Waals surface area contributed by atoms with Gasteiger partial charge in [0.1, 0.15) is 5.82 Å². The molecule has 2 rings (SSSR count). The van der Waals surface area contributed by atoms with Crippen LogP contribution in [0.4, 0.5) is 4.39 Å². The average molecular weight is 245 g/mol. The summed E-state index contributed by atoms with van der Waals surface area (Å²) in [4.78, 5) is 10.9. The predicted molar refractivity (Wildman–Crippen MR) is 55.8 cm³/mol. The van der Waals surface area contributed by atoms with Crippen molar-refractivity contribution in [3.8, 4) is 0 Å². The van der Waals surface area contributed by atoms with Crippen LogP contribution in [0.3, 0.4) is 0 Å². The molecule has 1 fully saturated rings. The Morgan fingerprint density at radius 2 is 2.31 bits per heavy atom. The van der Waals surface area contributed by atoms with Gasteiger partial charge in [0.05, 0.1) is 12.0 Å². The maximum Gasteiger partial charge on any atom is 0.309 e. The molecule has 0 aromatic heterocycles. The summed E-state index contributed by atoms with van der Waals surface area (Å²) in [5.74, 6) is -2.17. The van der Waals surface area contributed by atoms with Gasteiger partial charge in [0, 0.05) is 17.2 Å². The fourth-order valence-electron chi connectivity index (χ4n) is 1.88. The van der Waals surface area contributed by atoms with E-state index in [0.717, 1.165) is 6.07 Å². The van der Waals surface area contributed by atoms with Gasteiger partial charge in [-0.05, 0) is 18.6 Å². The third-order valence-corrected chi connectivity index (χ3v) is 2.91. The Hall–Kier alpha value is -1.13. The molecule has 16 heavy (non-hydrogen) atoms. The van der Waals surface area contributed by atoms with E-state index in [2.05, 4.69) is 0 Å². The Kier molecular flexibility index (Phi) is 3.12. The fourth-order valence-corrected chi connectivity index (χ4v) is 2.04. The van der Waals surface area contributed by atoms with E-state index in [9.17, 15) is 9.18 Å². The molecular formula is C11H10ClFO3. The van der Waals surface area contributed by atoms with Gasteiger partial charge in [0.25, 0.3) is 0 Å². The molecule has 5 heteroatoms. The van der Waals surface area contributed by atoms with Crippen LogP contribution < -0.4 is 0 Å². The molecule has 0 amide bonds. The summed E-state index contributed by atoms with van der Waals surface area (Å²) in [6, 6.07) is 4.17. The Bertz CT molecular complexity index is 422. The highest BCUT2D eigenvalue weighted by atomic mass is 35.5. The van der Waals surface area contributed by atoms with E-state index in [0.29, 0.717) is 13.0 Å². The Balaban J connectivity index is 2.32. The SMILES string of the molecule is O=C(O)C1CCOC1c1ccc(Cl)cc1F. The second-order valence-electron chi connectivity index (χ2n) is 3.69. The van der Waals surface area contributed by atoms with Gasteiger partial charge in [-0.15, -0.1) is 0 Å². The molecule has 3 nitrogen and oxygen atoms in total. The first-order chi connectivity index (χ1) is 7.59. The van der Waals surface area contributed by atoms with Crippen molar-refractivity contribution in [3.05, 3.63) is 34.6 Å². The van der Waals surface area contributed by atoms with Crippen molar-refractivity contribution in [1.82, 2.24) is 0 Å². The van der Waals surface area contributed by atoms with Crippen molar-refractivity contribution in [1.29, 1.82) is 0 Å². The molecule has 1 aromatic rings. The van der Waals surface area contributed by atoms with Crippen LogP contribution in [0.2, 0.25) is 5.02 Å². The number of hydrogen-bond acceptors (Lipinski definition) is 2. The van der Waals surface area contributed by atoms with E-state index in [1.807, 2.05) is 0 Å². The zero-order valence-electron chi connectivity index (χ0n) is 8.32. The average Bonchev–Trinajstić information content (AvgIpc) is 2.66. The van der Waals surface area contributed by atoms with Crippen LogP contribution in [-0.4, -0.2) is 17.7 Å². The lowest BCUT2D eigenvalue weighted by Gasteiger charge is -2.16. The fraction of sp³-hybridized carbons (Fsp3) is 0.364. The summed E-state index contributed by atoms with van der Waals surface area (Å²) < 4.78 is 18.9. The van der Waals surface area contributed by atoms with E-state index in [-0.39, 0.29) is 10.6 Å². The summed E-state index contributed by atoms with van der Waals surface area (Å²) in [5, 5.41) is 9.25. The number of rotatable bonds is 2. The number of ether oxygens (including phenoxy) is 1. The number of benzene rings is 1. The van der Waals surface area contributed by atoms with Crippen LogP contribution >= 0.6 is 11.6 Å². The number of carboxylic acid groups (broad SMARTS) is 1. The lowest BCUT2D eigenvalue weighted by Crippen LogP contribution is -2.18. The van der Waals surface area contributed by atoms with Gasteiger partial charge in [-0.1, -0.05) is 17.7 Å². The molecule has 1 saturated heterocycles. The van der Waals surface area contributed by atoms with Crippen LogP contribution in [0.15, 0.2) is 18.2 Å². The smallest absolute Gasteiger partial charge is 0.309 e. The zero-order chi connectivity index (χ0) is 11.7. The lowest BCUT2D eigenvalue weighted by molar-refractivity contribution is -0.143. The molecule has 1 aliphatic rings. The molecule has 0 spiro atoms. The Morgan fingerprint density at radius 1 is 1.56 bits per heavy atom. The number of carbonyl (C=O) groups is 1. The van der Waals surface area contributed by atoms with Crippen molar-refractivity contribution in [3.63, 3.8) is 0 Å². The normalized spacial score (nSPS) is 24.6. The highest BCUT2D eigenvalue weighted by Gasteiger charge is 2.36. The molecule has 2 atom stereocenters. The highest BCUT2D eigenvalue weighted by Crippen LogP contribution is 2.36.